The molecule has 1 unspecified atom stereocenters. The zero-order valence-corrected chi connectivity index (χ0v) is 19.6. The van der Waals surface area contributed by atoms with E-state index in [1.54, 1.807) is 18.3 Å². The Morgan fingerprint density at radius 3 is 2.12 bits per heavy atom. The third kappa shape index (κ3) is 5.61. The molecule has 3 rings (SSSR count). The number of amides is 1. The maximum absolute atomic E-state index is 12.4. The van der Waals surface area contributed by atoms with Gasteiger partial charge in [-0.3, -0.25) is 9.78 Å². The van der Waals surface area contributed by atoms with Crippen molar-refractivity contribution < 1.29 is 24.5 Å². The van der Waals surface area contributed by atoms with Gasteiger partial charge in [0.15, 0.2) is 6.04 Å². The monoisotopic (exact) mass is 462 g/mol. The van der Waals surface area contributed by atoms with Crippen LogP contribution in [-0.2, 0) is 16.8 Å². The number of hydrogen-bond donors (Lipinski definition) is 3. The lowest BCUT2D eigenvalue weighted by atomic mass is 9.68. The summed E-state index contributed by atoms with van der Waals surface area (Å²) in [4.78, 5) is 27.7. The first-order chi connectivity index (χ1) is 16.3. The van der Waals surface area contributed by atoms with E-state index in [4.69, 9.17) is 14.9 Å². The normalized spacial score (nSPS) is 13.7. The largest absolute Gasteiger partial charge is 0.487 e. The molecular weight excluding hydrogens is 432 g/mol. The molecule has 0 bridgehead atoms. The van der Waals surface area contributed by atoms with Crippen molar-refractivity contribution in [3.05, 3.63) is 95.3 Å². The number of pyridine rings is 1. The molecular formula is C27H30N2O5. The van der Waals surface area contributed by atoms with Gasteiger partial charge >= 0.3 is 5.97 Å². The summed E-state index contributed by atoms with van der Waals surface area (Å²) in [6.45, 7) is 6.16. The molecule has 2 atom stereocenters. The third-order valence-corrected chi connectivity index (χ3v) is 6.25. The van der Waals surface area contributed by atoms with Crippen LogP contribution in [0.4, 0.5) is 0 Å². The molecule has 178 valence electrons. The van der Waals surface area contributed by atoms with Crippen molar-refractivity contribution in [1.29, 1.82) is 0 Å². The molecule has 1 amide bonds. The standard InChI is InChI=1S/C27H30N2O5/c1-18(2)27(3,20-9-7-19(8-10-20)25(31)29-24(16-30)26(32)33)21-11-13-23(14-12-21)34-17-22-6-4-5-15-28-22/h4-15,18,24,30H,16-17H2,1-3H3,(H,29,31)(H,32,33)/t24-,27?/m1/s1. The highest BCUT2D eigenvalue weighted by Crippen LogP contribution is 2.39. The van der Waals surface area contributed by atoms with Crippen LogP contribution in [0.25, 0.3) is 0 Å². The minimum atomic E-state index is -1.34. The number of hydrogen-bond acceptors (Lipinski definition) is 5. The molecule has 0 saturated heterocycles. The topological polar surface area (TPSA) is 109 Å². The second-order valence-electron chi connectivity index (χ2n) is 8.62. The Balaban J connectivity index is 1.77. The zero-order valence-electron chi connectivity index (χ0n) is 19.6. The van der Waals surface area contributed by atoms with Crippen LogP contribution in [-0.4, -0.2) is 39.7 Å². The van der Waals surface area contributed by atoms with E-state index in [2.05, 4.69) is 31.1 Å². The Morgan fingerprint density at radius 1 is 1.00 bits per heavy atom. The van der Waals surface area contributed by atoms with Crippen LogP contribution in [0.3, 0.4) is 0 Å². The van der Waals surface area contributed by atoms with Gasteiger partial charge in [0.05, 0.1) is 12.3 Å². The maximum atomic E-state index is 12.4. The van der Waals surface area contributed by atoms with Crippen LogP contribution in [0.2, 0.25) is 0 Å². The van der Waals surface area contributed by atoms with Crippen molar-refractivity contribution >= 4 is 11.9 Å². The molecule has 0 aliphatic rings. The van der Waals surface area contributed by atoms with Gasteiger partial charge in [-0.15, -0.1) is 0 Å². The van der Waals surface area contributed by atoms with Gasteiger partial charge in [-0.25, -0.2) is 4.79 Å². The molecule has 7 heteroatoms. The number of benzene rings is 2. The number of aliphatic hydroxyl groups excluding tert-OH is 1. The average molecular weight is 463 g/mol. The molecule has 2 aromatic carbocycles. The highest BCUT2D eigenvalue weighted by molar-refractivity contribution is 5.96. The number of carbonyl (C=O) groups is 2. The predicted octanol–water partition coefficient (Wildman–Crippen LogP) is 3.80. The number of rotatable bonds is 10. The van der Waals surface area contributed by atoms with Crippen LogP contribution in [0.5, 0.6) is 5.75 Å². The molecule has 34 heavy (non-hydrogen) atoms. The van der Waals surface area contributed by atoms with Gasteiger partial charge in [0, 0.05) is 17.2 Å². The molecule has 0 aliphatic heterocycles. The first kappa shape index (κ1) is 24.9. The van der Waals surface area contributed by atoms with E-state index in [0.29, 0.717) is 12.2 Å². The lowest BCUT2D eigenvalue weighted by Crippen LogP contribution is -2.43. The second kappa shape index (κ2) is 10.9. The molecule has 1 aromatic heterocycles. The van der Waals surface area contributed by atoms with Crippen LogP contribution in [0.15, 0.2) is 72.9 Å². The van der Waals surface area contributed by atoms with Crippen molar-refractivity contribution in [3.8, 4) is 5.75 Å². The van der Waals surface area contributed by atoms with Crippen LogP contribution >= 0.6 is 0 Å². The molecule has 7 nitrogen and oxygen atoms in total. The summed E-state index contributed by atoms with van der Waals surface area (Å²) in [7, 11) is 0. The highest BCUT2D eigenvalue weighted by atomic mass is 16.5. The Hall–Kier alpha value is -3.71. The molecule has 1 heterocycles. The third-order valence-electron chi connectivity index (χ3n) is 6.25. The van der Waals surface area contributed by atoms with Crippen LogP contribution in [0.1, 0.15) is 48.0 Å². The van der Waals surface area contributed by atoms with E-state index >= 15 is 0 Å². The summed E-state index contributed by atoms with van der Waals surface area (Å²) in [6, 6.07) is 19.5. The molecule has 0 saturated carbocycles. The second-order valence-corrected chi connectivity index (χ2v) is 8.62. The Bertz CT molecular complexity index is 1100. The number of aliphatic hydroxyl groups is 1. The van der Waals surface area contributed by atoms with Gasteiger partial charge in [-0.05, 0) is 53.4 Å². The zero-order chi connectivity index (χ0) is 24.7. The quantitative estimate of drug-likeness (QED) is 0.423. The van der Waals surface area contributed by atoms with E-state index < -0.39 is 24.5 Å². The Morgan fingerprint density at radius 2 is 1.62 bits per heavy atom. The van der Waals surface area contributed by atoms with E-state index in [0.717, 1.165) is 22.6 Å². The lowest BCUT2D eigenvalue weighted by Gasteiger charge is -2.35. The summed E-state index contributed by atoms with van der Waals surface area (Å²) < 4.78 is 5.86. The van der Waals surface area contributed by atoms with Gasteiger partial charge in [0.2, 0.25) is 0 Å². The van der Waals surface area contributed by atoms with E-state index in [9.17, 15) is 9.59 Å². The first-order valence-corrected chi connectivity index (χ1v) is 11.1. The SMILES string of the molecule is CC(C)C(C)(c1ccc(OCc2ccccn2)cc1)c1ccc(C(=O)N[C@H](CO)C(=O)O)cc1. The number of carboxylic acids is 1. The molecule has 0 aliphatic carbocycles. The maximum Gasteiger partial charge on any atom is 0.328 e. The number of nitrogens with one attached hydrogen (secondary N) is 1. The van der Waals surface area contributed by atoms with E-state index in [1.165, 1.54) is 0 Å². The fraction of sp³-hybridized carbons (Fsp3) is 0.296. The van der Waals surface area contributed by atoms with Crippen LogP contribution in [0, 0.1) is 5.92 Å². The molecule has 0 radical (unpaired) electrons. The van der Waals surface area contributed by atoms with Crippen molar-refractivity contribution in [3.63, 3.8) is 0 Å². The predicted molar refractivity (Wildman–Crippen MR) is 129 cm³/mol. The smallest absolute Gasteiger partial charge is 0.328 e. The molecule has 0 fully saturated rings. The van der Waals surface area contributed by atoms with Gasteiger partial charge in [-0.1, -0.05) is 51.1 Å². The summed E-state index contributed by atoms with van der Waals surface area (Å²) >= 11 is 0. The summed E-state index contributed by atoms with van der Waals surface area (Å²) in [5, 5.41) is 20.5. The molecule has 3 N–H and O–H groups in total. The summed E-state index contributed by atoms with van der Waals surface area (Å²) in [6.07, 6.45) is 1.74. The number of ether oxygens (including phenoxy) is 1. The van der Waals surface area contributed by atoms with Crippen molar-refractivity contribution in [2.24, 2.45) is 5.92 Å². The Kier molecular flexibility index (Phi) is 8.02. The fourth-order valence-corrected chi connectivity index (χ4v) is 3.77. The summed E-state index contributed by atoms with van der Waals surface area (Å²) in [5.74, 6) is -0.830. The number of nitrogens with zero attached hydrogens (tertiary/aromatic N) is 1. The van der Waals surface area contributed by atoms with E-state index in [1.807, 2.05) is 54.6 Å². The number of aromatic nitrogens is 1. The van der Waals surface area contributed by atoms with Gasteiger partial charge in [0.1, 0.15) is 12.4 Å². The summed E-state index contributed by atoms with van der Waals surface area (Å²) in [5.41, 5.74) is 2.99. The fourth-order valence-electron chi connectivity index (χ4n) is 3.77. The lowest BCUT2D eigenvalue weighted by molar-refractivity contribution is -0.140. The van der Waals surface area contributed by atoms with Gasteiger partial charge < -0.3 is 20.3 Å². The van der Waals surface area contributed by atoms with Crippen molar-refractivity contribution in [2.75, 3.05) is 6.61 Å². The minimum Gasteiger partial charge on any atom is -0.487 e. The van der Waals surface area contributed by atoms with Gasteiger partial charge in [-0.2, -0.15) is 0 Å². The van der Waals surface area contributed by atoms with Crippen LogP contribution < -0.4 is 10.1 Å². The van der Waals surface area contributed by atoms with Gasteiger partial charge in [0.25, 0.3) is 5.91 Å². The molecule has 3 aromatic rings. The van der Waals surface area contributed by atoms with Crippen molar-refractivity contribution in [1.82, 2.24) is 10.3 Å². The Labute approximate surface area is 199 Å². The number of carboxylic acid groups (broad SMARTS) is 1. The van der Waals surface area contributed by atoms with Crippen molar-refractivity contribution in [2.45, 2.75) is 38.8 Å². The minimum absolute atomic E-state index is 0.248. The number of aliphatic carboxylic acids is 1. The molecule has 0 spiro atoms. The highest BCUT2D eigenvalue weighted by Gasteiger charge is 2.32. The average Bonchev–Trinajstić information content (AvgIpc) is 2.86. The van der Waals surface area contributed by atoms with E-state index in [-0.39, 0.29) is 11.3 Å². The number of carbonyl (C=O) groups excluding carboxylic acids is 1. The first-order valence-electron chi connectivity index (χ1n) is 11.1.